The first kappa shape index (κ1) is 10.1. The Morgan fingerprint density at radius 1 is 1.44 bits per heavy atom. The van der Waals surface area contributed by atoms with Crippen LogP contribution >= 0.6 is 0 Å². The predicted molar refractivity (Wildman–Crippen MR) is 63.6 cm³/mol. The third-order valence-corrected chi connectivity index (χ3v) is 3.35. The molecule has 3 heteroatoms. The van der Waals surface area contributed by atoms with Crippen LogP contribution in [-0.4, -0.2) is 36.2 Å². The molecule has 1 saturated heterocycles. The smallest absolute Gasteiger partial charge is 0.123 e. The molecule has 1 atom stereocenters. The van der Waals surface area contributed by atoms with Crippen LogP contribution in [-0.2, 0) is 6.42 Å². The maximum absolute atomic E-state index is 5.99. The number of likely N-dealkylation sites (tertiary alicyclic amines) is 1. The molecule has 0 aromatic heterocycles. The summed E-state index contributed by atoms with van der Waals surface area (Å²) in [6.07, 6.45) is 1.35. The van der Waals surface area contributed by atoms with E-state index in [4.69, 9.17) is 10.5 Å². The van der Waals surface area contributed by atoms with Crippen LogP contribution in [0.2, 0.25) is 0 Å². The molecule has 0 amide bonds. The molecule has 16 heavy (non-hydrogen) atoms. The molecule has 0 saturated carbocycles. The molecular weight excluding hydrogens is 200 g/mol. The van der Waals surface area contributed by atoms with Crippen molar-refractivity contribution < 1.29 is 4.74 Å². The van der Waals surface area contributed by atoms with Crippen molar-refractivity contribution in [1.29, 1.82) is 0 Å². The molecule has 1 fully saturated rings. The number of fused-ring (bicyclic) bond motifs is 1. The molecule has 2 heterocycles. The summed E-state index contributed by atoms with van der Waals surface area (Å²) in [5.74, 6) is 1.06. The van der Waals surface area contributed by atoms with Gasteiger partial charge in [-0.3, -0.25) is 4.90 Å². The number of rotatable bonds is 2. The monoisotopic (exact) mass is 218 g/mol. The normalized spacial score (nSPS) is 27.0. The van der Waals surface area contributed by atoms with Crippen LogP contribution in [0.1, 0.15) is 12.5 Å². The van der Waals surface area contributed by atoms with Crippen molar-refractivity contribution in [2.45, 2.75) is 25.0 Å². The lowest BCUT2D eigenvalue weighted by molar-refractivity contribution is 0.0465. The van der Waals surface area contributed by atoms with Gasteiger partial charge in [-0.15, -0.1) is 0 Å². The minimum absolute atomic E-state index is 0.0193. The van der Waals surface area contributed by atoms with Gasteiger partial charge in [0.05, 0.1) is 0 Å². The number of ether oxygens (including phenoxy) is 1. The lowest BCUT2D eigenvalue weighted by atomic mass is 9.93. The first-order valence-corrected chi connectivity index (χ1v) is 5.88. The van der Waals surface area contributed by atoms with Crippen LogP contribution in [0.3, 0.4) is 0 Å². The van der Waals surface area contributed by atoms with Crippen LogP contribution < -0.4 is 10.5 Å². The minimum atomic E-state index is 0.0193. The van der Waals surface area contributed by atoms with E-state index >= 15 is 0 Å². The van der Waals surface area contributed by atoms with Gasteiger partial charge in [0.25, 0.3) is 0 Å². The Balaban J connectivity index is 1.57. The van der Waals surface area contributed by atoms with Crippen LogP contribution in [0.25, 0.3) is 0 Å². The van der Waals surface area contributed by atoms with Gasteiger partial charge in [-0.25, -0.2) is 0 Å². The van der Waals surface area contributed by atoms with Crippen LogP contribution in [0.5, 0.6) is 5.75 Å². The third kappa shape index (κ3) is 1.81. The maximum Gasteiger partial charge on any atom is 0.123 e. The molecule has 0 bridgehead atoms. The van der Waals surface area contributed by atoms with E-state index in [1.807, 2.05) is 6.07 Å². The Kier molecular flexibility index (Phi) is 2.19. The molecule has 0 radical (unpaired) electrons. The largest absolute Gasteiger partial charge is 0.488 e. The van der Waals surface area contributed by atoms with Gasteiger partial charge in [0.2, 0.25) is 0 Å². The maximum atomic E-state index is 5.99. The van der Waals surface area contributed by atoms with Crippen LogP contribution in [0.4, 0.5) is 0 Å². The topological polar surface area (TPSA) is 38.5 Å². The van der Waals surface area contributed by atoms with Crippen molar-refractivity contribution in [3.8, 4) is 5.75 Å². The van der Waals surface area contributed by atoms with Crippen molar-refractivity contribution >= 4 is 0 Å². The summed E-state index contributed by atoms with van der Waals surface area (Å²) in [7, 11) is 0. The highest BCUT2D eigenvalue weighted by atomic mass is 16.5. The van der Waals surface area contributed by atoms with Crippen molar-refractivity contribution in [1.82, 2.24) is 4.90 Å². The summed E-state index contributed by atoms with van der Waals surface area (Å²) < 4.78 is 5.90. The predicted octanol–water partition coefficient (Wildman–Crippen LogP) is 1.02. The first-order chi connectivity index (χ1) is 7.62. The number of hydrogen-bond donors (Lipinski definition) is 1. The van der Waals surface area contributed by atoms with Crippen molar-refractivity contribution in [3.63, 3.8) is 0 Å². The zero-order valence-corrected chi connectivity index (χ0v) is 9.65. The summed E-state index contributed by atoms with van der Waals surface area (Å²) >= 11 is 0. The van der Waals surface area contributed by atoms with E-state index in [9.17, 15) is 0 Å². The van der Waals surface area contributed by atoms with E-state index in [2.05, 4.69) is 30.0 Å². The van der Waals surface area contributed by atoms with E-state index in [1.54, 1.807) is 0 Å². The van der Waals surface area contributed by atoms with Crippen molar-refractivity contribution in [2.24, 2.45) is 5.73 Å². The second-order valence-corrected chi connectivity index (χ2v) is 5.38. The van der Waals surface area contributed by atoms with Gasteiger partial charge in [-0.05, 0) is 18.6 Å². The highest BCUT2D eigenvalue weighted by Crippen LogP contribution is 2.29. The molecule has 1 aromatic carbocycles. The van der Waals surface area contributed by atoms with E-state index in [-0.39, 0.29) is 5.54 Å². The fraction of sp³-hybridized carbons (Fsp3) is 0.538. The summed E-state index contributed by atoms with van der Waals surface area (Å²) in [6, 6.07) is 8.31. The van der Waals surface area contributed by atoms with Crippen LogP contribution in [0.15, 0.2) is 24.3 Å². The zero-order valence-electron chi connectivity index (χ0n) is 9.65. The summed E-state index contributed by atoms with van der Waals surface area (Å²) in [5, 5.41) is 0. The van der Waals surface area contributed by atoms with Crippen LogP contribution in [0, 0.1) is 0 Å². The van der Waals surface area contributed by atoms with Gasteiger partial charge in [0.1, 0.15) is 11.9 Å². The van der Waals surface area contributed by atoms with Gasteiger partial charge >= 0.3 is 0 Å². The molecule has 2 aliphatic rings. The fourth-order valence-corrected chi connectivity index (χ4v) is 2.75. The number of hydrogen-bond acceptors (Lipinski definition) is 3. The van der Waals surface area contributed by atoms with Crippen molar-refractivity contribution in [3.05, 3.63) is 29.8 Å². The van der Waals surface area contributed by atoms with E-state index in [1.165, 1.54) is 5.56 Å². The third-order valence-electron chi connectivity index (χ3n) is 3.35. The van der Waals surface area contributed by atoms with Gasteiger partial charge in [0, 0.05) is 31.6 Å². The van der Waals surface area contributed by atoms with E-state index in [0.717, 1.165) is 31.8 Å². The molecule has 2 aliphatic heterocycles. The fourth-order valence-electron chi connectivity index (χ4n) is 2.75. The number of nitrogens with zero attached hydrogens (tertiary/aromatic N) is 1. The van der Waals surface area contributed by atoms with E-state index < -0.39 is 0 Å². The molecular formula is C13H18N2O. The lowest BCUT2D eigenvalue weighted by Crippen LogP contribution is -2.66. The summed E-state index contributed by atoms with van der Waals surface area (Å²) in [6.45, 7) is 5.08. The molecule has 86 valence electrons. The molecule has 1 aromatic rings. The van der Waals surface area contributed by atoms with Gasteiger partial charge in [-0.2, -0.15) is 0 Å². The molecule has 0 aliphatic carbocycles. The number of para-hydroxylation sites is 1. The minimum Gasteiger partial charge on any atom is -0.488 e. The Morgan fingerprint density at radius 2 is 2.19 bits per heavy atom. The highest BCUT2D eigenvalue weighted by molar-refractivity contribution is 5.37. The molecule has 0 spiro atoms. The average molecular weight is 218 g/mol. The molecule has 1 unspecified atom stereocenters. The standard InChI is InChI=1S/C13H18N2O/c1-13(14)8-15(9-13)7-11-6-10-4-2-3-5-12(10)16-11/h2-5,11H,6-9,14H2,1H3. The Hall–Kier alpha value is -1.06. The molecule has 3 rings (SSSR count). The number of nitrogens with two attached hydrogens (primary N) is 1. The highest BCUT2D eigenvalue weighted by Gasteiger charge is 2.37. The second kappa shape index (κ2) is 3.47. The molecule has 3 nitrogen and oxygen atoms in total. The lowest BCUT2D eigenvalue weighted by Gasteiger charge is -2.46. The SMILES string of the molecule is CC1(N)CN(CC2Cc3ccccc3O2)C1. The second-order valence-electron chi connectivity index (χ2n) is 5.38. The Labute approximate surface area is 96.2 Å². The van der Waals surface area contributed by atoms with Crippen molar-refractivity contribution in [2.75, 3.05) is 19.6 Å². The zero-order chi connectivity index (χ0) is 11.2. The number of benzene rings is 1. The summed E-state index contributed by atoms with van der Waals surface area (Å²) in [4.78, 5) is 2.37. The summed E-state index contributed by atoms with van der Waals surface area (Å²) in [5.41, 5.74) is 7.34. The average Bonchev–Trinajstić information content (AvgIpc) is 2.56. The Bertz CT molecular complexity index is 370. The van der Waals surface area contributed by atoms with E-state index in [0.29, 0.717) is 6.10 Å². The van der Waals surface area contributed by atoms with Gasteiger partial charge < -0.3 is 10.5 Å². The van der Waals surface area contributed by atoms with Gasteiger partial charge in [-0.1, -0.05) is 18.2 Å². The Morgan fingerprint density at radius 3 is 2.88 bits per heavy atom. The first-order valence-electron chi connectivity index (χ1n) is 5.88. The van der Waals surface area contributed by atoms with Gasteiger partial charge in [0.15, 0.2) is 0 Å². The molecule has 2 N–H and O–H groups in total. The quantitative estimate of drug-likeness (QED) is 0.805.